The third-order valence-electron chi connectivity index (χ3n) is 3.88. The second-order valence-corrected chi connectivity index (χ2v) is 5.15. The lowest BCUT2D eigenvalue weighted by molar-refractivity contribution is -0.165. The van der Waals surface area contributed by atoms with Gasteiger partial charge in [0, 0.05) is 12.4 Å². The summed E-state index contributed by atoms with van der Waals surface area (Å²) in [6, 6.07) is 3.98. The molecule has 1 aliphatic rings. The van der Waals surface area contributed by atoms with E-state index in [1.54, 1.807) is 6.20 Å². The molecule has 0 bridgehead atoms. The van der Waals surface area contributed by atoms with E-state index >= 15 is 0 Å². The van der Waals surface area contributed by atoms with Crippen molar-refractivity contribution in [1.82, 2.24) is 9.88 Å². The Kier molecular flexibility index (Phi) is 3.66. The van der Waals surface area contributed by atoms with Gasteiger partial charge in [-0.3, -0.25) is 9.78 Å². The van der Waals surface area contributed by atoms with E-state index in [0.717, 1.165) is 24.8 Å². The van der Waals surface area contributed by atoms with E-state index in [0.29, 0.717) is 0 Å². The molecule has 0 spiro atoms. The van der Waals surface area contributed by atoms with Crippen molar-refractivity contribution < 1.29 is 9.53 Å². The van der Waals surface area contributed by atoms with Crippen LogP contribution in [0, 0.1) is 5.41 Å². The molecule has 1 unspecified atom stereocenters. The highest BCUT2D eigenvalue weighted by atomic mass is 16.5. The van der Waals surface area contributed by atoms with Crippen LogP contribution in [0.5, 0.6) is 0 Å². The molecule has 4 heteroatoms. The zero-order chi connectivity index (χ0) is 13.2. The van der Waals surface area contributed by atoms with Crippen molar-refractivity contribution in [3.8, 4) is 0 Å². The molecule has 0 radical (unpaired) electrons. The average Bonchev–Trinajstić information content (AvgIpc) is 2.33. The van der Waals surface area contributed by atoms with Crippen molar-refractivity contribution >= 4 is 5.97 Å². The minimum Gasteiger partial charge on any atom is -0.469 e. The third-order valence-corrected chi connectivity index (χ3v) is 3.88. The fourth-order valence-electron chi connectivity index (χ4n) is 3.00. The Hall–Kier alpha value is -1.42. The molecule has 1 heterocycles. The highest BCUT2D eigenvalue weighted by Gasteiger charge is 2.52. The number of ether oxygens (including phenoxy) is 1. The van der Waals surface area contributed by atoms with E-state index in [1.165, 1.54) is 7.11 Å². The lowest BCUT2D eigenvalue weighted by Gasteiger charge is -2.47. The maximum Gasteiger partial charge on any atom is 0.313 e. The smallest absolute Gasteiger partial charge is 0.313 e. The van der Waals surface area contributed by atoms with Crippen LogP contribution < -0.4 is 0 Å². The summed E-state index contributed by atoms with van der Waals surface area (Å²) < 4.78 is 5.02. The molecular formula is C14H20N2O2. The summed E-state index contributed by atoms with van der Waals surface area (Å²) in [5.74, 6) is -0.101. The predicted octanol–water partition coefficient (Wildman–Crippen LogP) is 2.03. The van der Waals surface area contributed by atoms with Gasteiger partial charge in [0.15, 0.2) is 0 Å². The first-order chi connectivity index (χ1) is 8.62. The molecule has 1 saturated carbocycles. The van der Waals surface area contributed by atoms with Crippen molar-refractivity contribution in [3.63, 3.8) is 0 Å². The molecule has 1 atom stereocenters. The summed E-state index contributed by atoms with van der Waals surface area (Å²) in [4.78, 5) is 18.4. The largest absolute Gasteiger partial charge is 0.469 e. The van der Waals surface area contributed by atoms with E-state index in [-0.39, 0.29) is 12.0 Å². The number of pyridine rings is 1. The first-order valence-corrected chi connectivity index (χ1v) is 6.26. The molecule has 98 valence electrons. The average molecular weight is 248 g/mol. The van der Waals surface area contributed by atoms with Gasteiger partial charge in [-0.2, -0.15) is 0 Å². The van der Waals surface area contributed by atoms with Gasteiger partial charge in [0.05, 0.1) is 18.6 Å². The van der Waals surface area contributed by atoms with Gasteiger partial charge in [0.1, 0.15) is 0 Å². The summed E-state index contributed by atoms with van der Waals surface area (Å²) in [5, 5.41) is 0. The number of methoxy groups -OCH3 is 1. The lowest BCUT2D eigenvalue weighted by atomic mass is 9.62. The zero-order valence-electron chi connectivity index (χ0n) is 11.2. The lowest BCUT2D eigenvalue weighted by Crippen LogP contribution is -2.48. The van der Waals surface area contributed by atoms with Crippen LogP contribution in [0.15, 0.2) is 24.5 Å². The van der Waals surface area contributed by atoms with Crippen molar-refractivity contribution in [2.24, 2.45) is 5.41 Å². The number of aromatic nitrogens is 1. The van der Waals surface area contributed by atoms with E-state index in [4.69, 9.17) is 4.74 Å². The van der Waals surface area contributed by atoms with Crippen LogP contribution in [0.4, 0.5) is 0 Å². The quantitative estimate of drug-likeness (QED) is 0.765. The molecule has 0 N–H and O–H groups in total. The zero-order valence-corrected chi connectivity index (χ0v) is 11.2. The van der Waals surface area contributed by atoms with Crippen LogP contribution in [0.2, 0.25) is 0 Å². The van der Waals surface area contributed by atoms with Crippen molar-refractivity contribution in [2.75, 3.05) is 21.2 Å². The molecule has 18 heavy (non-hydrogen) atoms. The van der Waals surface area contributed by atoms with Crippen LogP contribution in [-0.4, -0.2) is 37.1 Å². The summed E-state index contributed by atoms with van der Waals surface area (Å²) >= 11 is 0. The van der Waals surface area contributed by atoms with Gasteiger partial charge in [-0.15, -0.1) is 0 Å². The van der Waals surface area contributed by atoms with Crippen LogP contribution in [-0.2, 0) is 9.53 Å². The number of carbonyl (C=O) groups excluding carboxylic acids is 1. The molecule has 1 fully saturated rings. The van der Waals surface area contributed by atoms with E-state index in [2.05, 4.69) is 9.88 Å². The van der Waals surface area contributed by atoms with Gasteiger partial charge in [0.2, 0.25) is 0 Å². The van der Waals surface area contributed by atoms with Crippen LogP contribution in [0.25, 0.3) is 0 Å². The predicted molar refractivity (Wildman–Crippen MR) is 69.0 cm³/mol. The number of esters is 1. The van der Waals surface area contributed by atoms with Gasteiger partial charge in [-0.25, -0.2) is 0 Å². The molecule has 0 amide bonds. The molecule has 1 aromatic heterocycles. The minimum absolute atomic E-state index is 0.0346. The Bertz CT molecular complexity index is 413. The fraction of sp³-hybridized carbons (Fsp3) is 0.571. The van der Waals surface area contributed by atoms with E-state index in [1.807, 2.05) is 32.4 Å². The number of carbonyl (C=O) groups is 1. The summed E-state index contributed by atoms with van der Waals surface area (Å²) in [7, 11) is 5.47. The molecule has 2 rings (SSSR count). The van der Waals surface area contributed by atoms with Crippen LogP contribution >= 0.6 is 0 Å². The number of nitrogens with zero attached hydrogens (tertiary/aromatic N) is 2. The van der Waals surface area contributed by atoms with Crippen LogP contribution in [0.1, 0.15) is 30.9 Å². The van der Waals surface area contributed by atoms with Gasteiger partial charge in [0.25, 0.3) is 0 Å². The fourth-order valence-corrected chi connectivity index (χ4v) is 3.00. The number of rotatable bonds is 4. The molecule has 0 saturated heterocycles. The summed E-state index contributed by atoms with van der Waals surface area (Å²) in [6.07, 6.45) is 6.45. The maximum absolute atomic E-state index is 12.2. The molecule has 1 aliphatic carbocycles. The first-order valence-electron chi connectivity index (χ1n) is 6.26. The standard InChI is InChI=1S/C14H20N2O2/c1-16(2)12(11-6-4-9-15-10-11)14(7-5-8-14)13(17)18-3/h4,6,9-10,12H,5,7-8H2,1-3H3. The Morgan fingerprint density at radius 3 is 2.61 bits per heavy atom. The third kappa shape index (κ3) is 2.01. The Morgan fingerprint density at radius 1 is 1.50 bits per heavy atom. The summed E-state index contributed by atoms with van der Waals surface area (Å²) in [6.45, 7) is 0. The second kappa shape index (κ2) is 5.06. The Balaban J connectivity index is 2.39. The maximum atomic E-state index is 12.2. The summed E-state index contributed by atoms with van der Waals surface area (Å²) in [5.41, 5.74) is 0.675. The van der Waals surface area contributed by atoms with Gasteiger partial charge in [-0.05, 0) is 38.6 Å². The van der Waals surface area contributed by atoms with Crippen molar-refractivity contribution in [2.45, 2.75) is 25.3 Å². The molecule has 0 aliphatic heterocycles. The SMILES string of the molecule is COC(=O)C1(C(c2cccnc2)N(C)C)CCC1. The highest BCUT2D eigenvalue weighted by Crippen LogP contribution is 2.52. The van der Waals surface area contributed by atoms with Crippen LogP contribution in [0.3, 0.4) is 0 Å². The van der Waals surface area contributed by atoms with E-state index < -0.39 is 5.41 Å². The number of hydrogen-bond acceptors (Lipinski definition) is 4. The molecule has 4 nitrogen and oxygen atoms in total. The topological polar surface area (TPSA) is 42.4 Å². The second-order valence-electron chi connectivity index (χ2n) is 5.15. The van der Waals surface area contributed by atoms with Crippen molar-refractivity contribution in [3.05, 3.63) is 30.1 Å². The monoisotopic (exact) mass is 248 g/mol. The highest BCUT2D eigenvalue weighted by molar-refractivity contribution is 5.79. The Morgan fingerprint density at radius 2 is 2.22 bits per heavy atom. The Labute approximate surface area is 108 Å². The normalized spacial score (nSPS) is 19.1. The van der Waals surface area contributed by atoms with E-state index in [9.17, 15) is 4.79 Å². The van der Waals surface area contributed by atoms with Crippen molar-refractivity contribution in [1.29, 1.82) is 0 Å². The van der Waals surface area contributed by atoms with Gasteiger partial charge < -0.3 is 9.64 Å². The first kappa shape index (κ1) is 13.0. The molecular weight excluding hydrogens is 228 g/mol. The molecule has 0 aromatic carbocycles. The van der Waals surface area contributed by atoms with Gasteiger partial charge >= 0.3 is 5.97 Å². The van der Waals surface area contributed by atoms with Gasteiger partial charge in [-0.1, -0.05) is 12.5 Å². The minimum atomic E-state index is -0.402. The molecule has 1 aromatic rings. The number of hydrogen-bond donors (Lipinski definition) is 0.